The van der Waals surface area contributed by atoms with E-state index in [0.29, 0.717) is 36.7 Å². The molecule has 1 rings (SSSR count). The zero-order valence-corrected chi connectivity index (χ0v) is 19.8. The summed E-state index contributed by atoms with van der Waals surface area (Å²) in [5.41, 5.74) is 0.304. The molecule has 1 aromatic rings. The molecule has 176 valence electrons. The Morgan fingerprint density at radius 3 is 2.42 bits per heavy atom. The van der Waals surface area contributed by atoms with Gasteiger partial charge < -0.3 is 19.0 Å². The van der Waals surface area contributed by atoms with Gasteiger partial charge in [-0.3, -0.25) is 0 Å². The van der Waals surface area contributed by atoms with Gasteiger partial charge in [-0.25, -0.2) is 0 Å². The summed E-state index contributed by atoms with van der Waals surface area (Å²) in [5, 5.41) is 3.92. The molecule has 0 radical (unpaired) electrons. The summed E-state index contributed by atoms with van der Waals surface area (Å²) in [6.45, 7) is 2.52. The van der Waals surface area contributed by atoms with Crippen LogP contribution in [0, 0.1) is 0 Å². The normalized spacial score (nSPS) is 13.0. The molecular weight excluding hydrogens is 505 g/mol. The van der Waals surface area contributed by atoms with Crippen LogP contribution in [0.25, 0.3) is 0 Å². The van der Waals surface area contributed by atoms with Crippen LogP contribution in [0.2, 0.25) is 10.0 Å². The Balaban J connectivity index is 2.37. The van der Waals surface area contributed by atoms with Crippen molar-refractivity contribution in [2.45, 2.75) is 39.0 Å². The first-order valence-corrected chi connectivity index (χ1v) is 10.6. The highest BCUT2D eigenvalue weighted by atomic mass is 35.5. The highest BCUT2D eigenvalue weighted by Gasteiger charge is 2.28. The number of halogens is 7. The van der Waals surface area contributed by atoms with Crippen molar-refractivity contribution in [2.24, 2.45) is 5.16 Å². The summed E-state index contributed by atoms with van der Waals surface area (Å²) >= 11 is 23.5. The second-order valence-electron chi connectivity index (χ2n) is 6.36. The van der Waals surface area contributed by atoms with Crippen LogP contribution in [0.15, 0.2) is 27.9 Å². The fraction of sp³-hybridized carbons (Fsp3) is 0.526. The molecule has 0 amide bonds. The molecule has 0 aliphatic heterocycles. The molecule has 1 unspecified atom stereocenters. The van der Waals surface area contributed by atoms with Crippen LogP contribution in [0.1, 0.15) is 26.7 Å². The highest BCUT2D eigenvalue weighted by Crippen LogP contribution is 2.37. The molecule has 0 fully saturated rings. The molecular formula is C19H22Cl4F3NO4. The number of hydrogen-bond donors (Lipinski definition) is 0. The van der Waals surface area contributed by atoms with E-state index in [2.05, 4.69) is 9.99 Å². The summed E-state index contributed by atoms with van der Waals surface area (Å²) in [6.07, 6.45) is -1.89. The molecule has 0 aliphatic carbocycles. The molecule has 31 heavy (non-hydrogen) atoms. The van der Waals surface area contributed by atoms with E-state index in [9.17, 15) is 13.2 Å². The molecule has 5 nitrogen and oxygen atoms in total. The summed E-state index contributed by atoms with van der Waals surface area (Å²) in [5.74, 6) is 0.769. The quantitative estimate of drug-likeness (QED) is 0.155. The van der Waals surface area contributed by atoms with E-state index in [0.717, 1.165) is 0 Å². The van der Waals surface area contributed by atoms with Crippen LogP contribution in [-0.2, 0) is 9.57 Å². The summed E-state index contributed by atoms with van der Waals surface area (Å²) in [7, 11) is 0. The standard InChI is InChI=1S/C19H22Cl4F3NO4/c1-12(27-30-11-19(24,25)26)10-28-6-3-4-13(2)31-18-15(20)8-14(9-16(18)21)29-7-5-17(22)23/h5,8-9,13H,3-4,6-7,10-11H2,1-2H3. The van der Waals surface area contributed by atoms with E-state index in [1.807, 2.05) is 6.92 Å². The minimum atomic E-state index is -4.42. The van der Waals surface area contributed by atoms with Crippen molar-refractivity contribution in [3.8, 4) is 11.5 Å². The number of oxime groups is 1. The fourth-order valence-electron chi connectivity index (χ4n) is 2.13. The topological polar surface area (TPSA) is 49.3 Å². The van der Waals surface area contributed by atoms with Crippen molar-refractivity contribution in [2.75, 3.05) is 26.4 Å². The molecule has 0 saturated heterocycles. The maximum atomic E-state index is 12.0. The van der Waals surface area contributed by atoms with Gasteiger partial charge in [-0.05, 0) is 32.8 Å². The molecule has 12 heteroatoms. The lowest BCUT2D eigenvalue weighted by Crippen LogP contribution is -2.16. The fourth-order valence-corrected chi connectivity index (χ4v) is 2.81. The van der Waals surface area contributed by atoms with Crippen molar-refractivity contribution in [3.05, 3.63) is 32.7 Å². The van der Waals surface area contributed by atoms with Crippen molar-refractivity contribution >= 4 is 52.1 Å². The number of nitrogens with zero attached hydrogens (tertiary/aromatic N) is 1. The molecule has 1 aromatic carbocycles. The third-order valence-electron chi connectivity index (χ3n) is 3.44. The van der Waals surface area contributed by atoms with Crippen molar-refractivity contribution in [1.82, 2.24) is 0 Å². The van der Waals surface area contributed by atoms with Crippen LogP contribution >= 0.6 is 46.4 Å². The van der Waals surface area contributed by atoms with Crippen LogP contribution in [0.5, 0.6) is 11.5 Å². The number of hydrogen-bond acceptors (Lipinski definition) is 5. The predicted octanol–water partition coefficient (Wildman–Crippen LogP) is 7.21. The lowest BCUT2D eigenvalue weighted by molar-refractivity contribution is -0.173. The number of alkyl halides is 3. The number of rotatable bonds is 13. The average molecular weight is 527 g/mol. The second kappa shape index (κ2) is 14.2. The predicted molar refractivity (Wildman–Crippen MR) is 117 cm³/mol. The van der Waals surface area contributed by atoms with Gasteiger partial charge in [-0.1, -0.05) is 51.6 Å². The Morgan fingerprint density at radius 1 is 1.19 bits per heavy atom. The molecule has 0 aliphatic rings. The molecule has 0 bridgehead atoms. The van der Waals surface area contributed by atoms with Crippen molar-refractivity contribution in [3.63, 3.8) is 0 Å². The Bertz CT molecular complexity index is 733. The molecule has 0 aromatic heterocycles. The van der Waals surface area contributed by atoms with E-state index >= 15 is 0 Å². The van der Waals surface area contributed by atoms with Gasteiger partial charge in [-0.2, -0.15) is 13.2 Å². The van der Waals surface area contributed by atoms with Gasteiger partial charge in [0.1, 0.15) is 16.8 Å². The SMILES string of the molecule is CC(COCCCC(C)Oc1c(Cl)cc(OCC=C(Cl)Cl)cc1Cl)=NOCC(F)(F)F. The number of ether oxygens (including phenoxy) is 3. The van der Waals surface area contributed by atoms with Crippen molar-refractivity contribution < 1.29 is 32.2 Å². The van der Waals surface area contributed by atoms with Gasteiger partial charge in [0.05, 0.1) is 28.5 Å². The van der Waals surface area contributed by atoms with E-state index in [-0.39, 0.29) is 33.9 Å². The average Bonchev–Trinajstić information content (AvgIpc) is 2.63. The Labute approximate surface area is 198 Å². The summed E-state index contributed by atoms with van der Waals surface area (Å²) < 4.78 is 52.6. The zero-order valence-electron chi connectivity index (χ0n) is 16.8. The minimum Gasteiger partial charge on any atom is -0.489 e. The smallest absolute Gasteiger partial charge is 0.425 e. The molecule has 0 spiro atoms. The van der Waals surface area contributed by atoms with Gasteiger partial charge >= 0.3 is 6.18 Å². The first kappa shape index (κ1) is 28.0. The largest absolute Gasteiger partial charge is 0.489 e. The van der Waals surface area contributed by atoms with E-state index in [1.165, 1.54) is 13.0 Å². The maximum absolute atomic E-state index is 12.0. The van der Waals surface area contributed by atoms with Crippen LogP contribution in [0.3, 0.4) is 0 Å². The second-order valence-corrected chi connectivity index (χ2v) is 8.18. The third kappa shape index (κ3) is 13.2. The van der Waals surface area contributed by atoms with Gasteiger partial charge in [0.15, 0.2) is 5.75 Å². The third-order valence-corrected chi connectivity index (χ3v) is 4.31. The molecule has 1 atom stereocenters. The van der Waals surface area contributed by atoms with E-state index < -0.39 is 12.8 Å². The molecule has 0 saturated carbocycles. The monoisotopic (exact) mass is 525 g/mol. The lowest BCUT2D eigenvalue weighted by atomic mass is 10.2. The molecule has 0 heterocycles. The molecule has 0 N–H and O–H groups in total. The van der Waals surface area contributed by atoms with E-state index in [1.54, 1.807) is 12.1 Å². The lowest BCUT2D eigenvalue weighted by Gasteiger charge is -2.17. The minimum absolute atomic E-state index is 0.0658. The van der Waals surface area contributed by atoms with E-state index in [4.69, 9.17) is 60.6 Å². The van der Waals surface area contributed by atoms with Crippen LogP contribution in [0.4, 0.5) is 13.2 Å². The zero-order chi connectivity index (χ0) is 23.4. The maximum Gasteiger partial charge on any atom is 0.425 e. The van der Waals surface area contributed by atoms with Crippen molar-refractivity contribution in [1.29, 1.82) is 0 Å². The van der Waals surface area contributed by atoms with Crippen LogP contribution in [-0.4, -0.2) is 44.4 Å². The van der Waals surface area contributed by atoms with Crippen LogP contribution < -0.4 is 9.47 Å². The first-order chi connectivity index (χ1) is 14.5. The summed E-state index contributed by atoms with van der Waals surface area (Å²) in [4.78, 5) is 4.20. The first-order valence-electron chi connectivity index (χ1n) is 9.07. The highest BCUT2D eigenvalue weighted by molar-refractivity contribution is 6.55. The Hall–Kier alpha value is -1.06. The van der Waals surface area contributed by atoms with Gasteiger partial charge in [0.25, 0.3) is 0 Å². The van der Waals surface area contributed by atoms with Gasteiger partial charge in [0.2, 0.25) is 6.61 Å². The summed E-state index contributed by atoms with van der Waals surface area (Å²) in [6, 6.07) is 3.13. The number of benzene rings is 1. The Morgan fingerprint density at radius 2 is 1.84 bits per heavy atom. The Kier molecular flexibility index (Phi) is 12.8. The van der Waals surface area contributed by atoms with Gasteiger partial charge in [0, 0.05) is 18.7 Å². The van der Waals surface area contributed by atoms with Gasteiger partial charge in [-0.15, -0.1) is 0 Å².